The number of nitrogens with two attached hydrogens (primary N) is 1. The second-order valence-corrected chi connectivity index (χ2v) is 6.68. The lowest BCUT2D eigenvalue weighted by molar-refractivity contribution is 0.575. The molecule has 1 aliphatic rings. The summed E-state index contributed by atoms with van der Waals surface area (Å²) in [6.07, 6.45) is 3.60. The van der Waals surface area contributed by atoms with E-state index in [-0.39, 0.29) is 17.5 Å². The summed E-state index contributed by atoms with van der Waals surface area (Å²) in [4.78, 5) is 4.07. The summed E-state index contributed by atoms with van der Waals surface area (Å²) < 4.78 is 26.8. The van der Waals surface area contributed by atoms with Crippen LogP contribution in [0.3, 0.4) is 0 Å². The van der Waals surface area contributed by atoms with Crippen molar-refractivity contribution < 1.29 is 8.42 Å². The fourth-order valence-electron chi connectivity index (χ4n) is 2.44. The minimum atomic E-state index is -3.62. The van der Waals surface area contributed by atoms with Crippen LogP contribution in [0.4, 0.5) is 5.69 Å². The molecule has 0 saturated carbocycles. The van der Waals surface area contributed by atoms with Crippen LogP contribution in [0, 0.1) is 0 Å². The molecular weight excluding hydrogens is 274 g/mol. The van der Waals surface area contributed by atoms with E-state index in [1.165, 1.54) is 10.5 Å². The zero-order valence-electron chi connectivity index (χ0n) is 10.8. The number of sulfonamides is 1. The van der Waals surface area contributed by atoms with Crippen LogP contribution in [0.25, 0.3) is 0 Å². The molecule has 1 atom stereocenters. The molecule has 0 aliphatic carbocycles. The lowest BCUT2D eigenvalue weighted by Crippen LogP contribution is -2.46. The van der Waals surface area contributed by atoms with Crippen molar-refractivity contribution in [3.8, 4) is 0 Å². The van der Waals surface area contributed by atoms with Gasteiger partial charge in [-0.05, 0) is 30.2 Å². The molecule has 2 N–H and O–H groups in total. The predicted molar refractivity (Wildman–Crippen MR) is 76.9 cm³/mol. The largest absolute Gasteiger partial charge is 0.326 e. The summed E-state index contributed by atoms with van der Waals surface area (Å²) in [5.41, 5.74) is 7.66. The molecule has 1 aromatic heterocycles. The Labute approximate surface area is 118 Å². The Morgan fingerprint density at radius 3 is 2.75 bits per heavy atom. The predicted octanol–water partition coefficient (Wildman–Crippen LogP) is 1.16. The van der Waals surface area contributed by atoms with E-state index in [0.29, 0.717) is 12.1 Å². The van der Waals surface area contributed by atoms with Gasteiger partial charge in [0.25, 0.3) is 10.0 Å². The standard InChI is InChI=1S/C14H15N3O2S/c15-12-8-11-4-1-2-6-14(11)17(10-12)20(18,19)13-5-3-7-16-9-13/h1-7,9,12H,8,10,15H2. The average molecular weight is 289 g/mol. The van der Waals surface area contributed by atoms with Crippen LogP contribution < -0.4 is 10.0 Å². The van der Waals surface area contributed by atoms with Gasteiger partial charge in [-0.1, -0.05) is 18.2 Å². The summed E-state index contributed by atoms with van der Waals surface area (Å²) >= 11 is 0. The van der Waals surface area contributed by atoms with Gasteiger partial charge in [0.15, 0.2) is 0 Å². The summed E-state index contributed by atoms with van der Waals surface area (Å²) in [6, 6.07) is 10.4. The molecule has 0 radical (unpaired) electrons. The second kappa shape index (κ2) is 4.88. The van der Waals surface area contributed by atoms with Crippen LogP contribution in [0.15, 0.2) is 53.7 Å². The first-order valence-corrected chi connectivity index (χ1v) is 7.79. The number of aromatic nitrogens is 1. The average Bonchev–Trinajstić information content (AvgIpc) is 2.47. The summed E-state index contributed by atoms with van der Waals surface area (Å²) in [7, 11) is -3.62. The fourth-order valence-corrected chi connectivity index (χ4v) is 3.96. The minimum Gasteiger partial charge on any atom is -0.326 e. The Morgan fingerprint density at radius 2 is 2.00 bits per heavy atom. The van der Waals surface area contributed by atoms with Gasteiger partial charge in [0, 0.05) is 25.0 Å². The van der Waals surface area contributed by atoms with Crippen molar-refractivity contribution in [1.29, 1.82) is 0 Å². The third-order valence-corrected chi connectivity index (χ3v) is 5.13. The SMILES string of the molecule is NC1Cc2ccccc2N(S(=O)(=O)c2cccnc2)C1. The molecule has 0 fully saturated rings. The maximum absolute atomic E-state index is 12.7. The molecule has 6 heteroatoms. The lowest BCUT2D eigenvalue weighted by Gasteiger charge is -2.33. The highest BCUT2D eigenvalue weighted by Gasteiger charge is 2.31. The molecule has 5 nitrogen and oxygen atoms in total. The molecule has 1 aliphatic heterocycles. The smallest absolute Gasteiger partial charge is 0.265 e. The number of fused-ring (bicyclic) bond motifs is 1. The van der Waals surface area contributed by atoms with E-state index < -0.39 is 10.0 Å². The van der Waals surface area contributed by atoms with Crippen molar-refractivity contribution in [1.82, 2.24) is 4.98 Å². The number of benzene rings is 1. The quantitative estimate of drug-likeness (QED) is 0.900. The number of pyridine rings is 1. The van der Waals surface area contributed by atoms with Crippen molar-refractivity contribution in [3.63, 3.8) is 0 Å². The first kappa shape index (κ1) is 13.1. The second-order valence-electron chi connectivity index (χ2n) is 4.82. The van der Waals surface area contributed by atoms with Gasteiger partial charge in [-0.25, -0.2) is 8.42 Å². The van der Waals surface area contributed by atoms with Gasteiger partial charge in [0.2, 0.25) is 0 Å². The normalized spacial score (nSPS) is 18.6. The van der Waals surface area contributed by atoms with E-state index in [4.69, 9.17) is 5.73 Å². The number of hydrogen-bond donors (Lipinski definition) is 1. The summed E-state index contributed by atoms with van der Waals surface area (Å²) in [5, 5.41) is 0. The molecule has 0 spiro atoms. The van der Waals surface area contributed by atoms with Crippen LogP contribution in [-0.2, 0) is 16.4 Å². The van der Waals surface area contributed by atoms with Gasteiger partial charge in [0.1, 0.15) is 4.90 Å². The van der Waals surface area contributed by atoms with Gasteiger partial charge in [-0.15, -0.1) is 0 Å². The van der Waals surface area contributed by atoms with E-state index in [9.17, 15) is 8.42 Å². The zero-order chi connectivity index (χ0) is 14.2. The number of anilines is 1. The van der Waals surface area contributed by atoms with Crippen molar-refractivity contribution in [2.75, 3.05) is 10.8 Å². The highest BCUT2D eigenvalue weighted by atomic mass is 32.2. The van der Waals surface area contributed by atoms with Crippen molar-refractivity contribution in [2.24, 2.45) is 5.73 Å². The number of nitrogens with zero attached hydrogens (tertiary/aromatic N) is 2. The maximum Gasteiger partial charge on any atom is 0.265 e. The third-order valence-electron chi connectivity index (χ3n) is 3.37. The van der Waals surface area contributed by atoms with Gasteiger partial charge in [-0.2, -0.15) is 0 Å². The monoisotopic (exact) mass is 289 g/mol. The number of hydrogen-bond acceptors (Lipinski definition) is 4. The fraction of sp³-hybridized carbons (Fsp3) is 0.214. The molecule has 104 valence electrons. The van der Waals surface area contributed by atoms with Crippen LogP contribution >= 0.6 is 0 Å². The summed E-state index contributed by atoms with van der Waals surface area (Å²) in [5.74, 6) is 0. The van der Waals surface area contributed by atoms with E-state index in [0.717, 1.165) is 5.56 Å². The number of rotatable bonds is 2. The van der Waals surface area contributed by atoms with Crippen LogP contribution in [0.2, 0.25) is 0 Å². The Balaban J connectivity index is 2.11. The molecule has 0 amide bonds. The Hall–Kier alpha value is -1.92. The van der Waals surface area contributed by atoms with Gasteiger partial charge < -0.3 is 5.73 Å². The van der Waals surface area contributed by atoms with Crippen molar-refractivity contribution in [3.05, 3.63) is 54.4 Å². The van der Waals surface area contributed by atoms with Gasteiger partial charge in [-0.3, -0.25) is 9.29 Å². The van der Waals surface area contributed by atoms with Crippen LogP contribution in [0.1, 0.15) is 5.56 Å². The third kappa shape index (κ3) is 2.17. The van der Waals surface area contributed by atoms with Gasteiger partial charge in [0.05, 0.1) is 5.69 Å². The minimum absolute atomic E-state index is 0.184. The highest BCUT2D eigenvalue weighted by molar-refractivity contribution is 7.92. The van der Waals surface area contributed by atoms with E-state index in [2.05, 4.69) is 4.98 Å². The first-order chi connectivity index (χ1) is 9.59. The molecule has 2 heterocycles. The molecule has 1 unspecified atom stereocenters. The van der Waals surface area contributed by atoms with E-state index >= 15 is 0 Å². The molecule has 1 aromatic carbocycles. The molecule has 0 saturated heterocycles. The van der Waals surface area contributed by atoms with E-state index in [1.54, 1.807) is 18.3 Å². The maximum atomic E-state index is 12.7. The Kier molecular flexibility index (Phi) is 3.19. The van der Waals surface area contributed by atoms with Crippen LogP contribution in [-0.4, -0.2) is 26.0 Å². The van der Waals surface area contributed by atoms with Crippen LogP contribution in [0.5, 0.6) is 0 Å². The van der Waals surface area contributed by atoms with Gasteiger partial charge >= 0.3 is 0 Å². The molecule has 2 aromatic rings. The Bertz CT molecular complexity index is 716. The highest BCUT2D eigenvalue weighted by Crippen LogP contribution is 2.31. The lowest BCUT2D eigenvalue weighted by atomic mass is 10.0. The molecule has 20 heavy (non-hydrogen) atoms. The molecule has 0 bridgehead atoms. The first-order valence-electron chi connectivity index (χ1n) is 6.35. The van der Waals surface area contributed by atoms with E-state index in [1.807, 2.05) is 24.3 Å². The number of para-hydroxylation sites is 1. The molecule has 3 rings (SSSR count). The van der Waals surface area contributed by atoms with Crippen molar-refractivity contribution >= 4 is 15.7 Å². The van der Waals surface area contributed by atoms with Crippen molar-refractivity contribution in [2.45, 2.75) is 17.4 Å². The topological polar surface area (TPSA) is 76.3 Å². The zero-order valence-corrected chi connectivity index (χ0v) is 11.6. The molecular formula is C14H15N3O2S. The summed E-state index contributed by atoms with van der Waals surface area (Å²) in [6.45, 7) is 0.286. The Morgan fingerprint density at radius 1 is 1.20 bits per heavy atom.